The highest BCUT2D eigenvalue weighted by Crippen LogP contribution is 2.48. The van der Waals surface area contributed by atoms with Gasteiger partial charge in [0.2, 0.25) is 0 Å². The van der Waals surface area contributed by atoms with Crippen LogP contribution in [0.1, 0.15) is 44.2 Å². The Labute approximate surface area is 136 Å². The number of guanidine groups is 1. The molecule has 1 atom stereocenters. The van der Waals surface area contributed by atoms with Gasteiger partial charge < -0.3 is 10.6 Å². The van der Waals surface area contributed by atoms with Gasteiger partial charge >= 0.3 is 0 Å². The van der Waals surface area contributed by atoms with Gasteiger partial charge in [-0.25, -0.2) is 8.78 Å². The molecule has 0 spiro atoms. The van der Waals surface area contributed by atoms with Crippen LogP contribution in [0.2, 0.25) is 0 Å². The van der Waals surface area contributed by atoms with E-state index in [0.29, 0.717) is 11.5 Å². The van der Waals surface area contributed by atoms with E-state index >= 15 is 0 Å². The van der Waals surface area contributed by atoms with E-state index in [-0.39, 0.29) is 6.04 Å². The fraction of sp³-hybridized carbons (Fsp3) is 0.611. The third kappa shape index (κ3) is 4.21. The number of nitrogens with zero attached hydrogens (tertiary/aromatic N) is 1. The largest absolute Gasteiger partial charge is 0.356 e. The van der Waals surface area contributed by atoms with Crippen LogP contribution >= 0.6 is 0 Å². The lowest BCUT2D eigenvalue weighted by atomic mass is 9.98. The molecule has 0 saturated heterocycles. The van der Waals surface area contributed by atoms with Gasteiger partial charge in [0.15, 0.2) is 17.6 Å². The molecular formula is C18H25F2N3. The summed E-state index contributed by atoms with van der Waals surface area (Å²) in [6.07, 6.45) is 5.44. The third-order valence-corrected chi connectivity index (χ3v) is 4.98. The van der Waals surface area contributed by atoms with Crippen LogP contribution in [0.4, 0.5) is 8.78 Å². The lowest BCUT2D eigenvalue weighted by Crippen LogP contribution is -2.41. The maximum atomic E-state index is 13.4. The Morgan fingerprint density at radius 3 is 2.35 bits per heavy atom. The highest BCUT2D eigenvalue weighted by atomic mass is 19.2. The number of hydrogen-bond acceptors (Lipinski definition) is 1. The van der Waals surface area contributed by atoms with E-state index in [2.05, 4.69) is 15.6 Å². The molecule has 0 bridgehead atoms. The second-order valence-corrected chi connectivity index (χ2v) is 6.83. The molecule has 1 aromatic carbocycles. The first-order valence-electron chi connectivity index (χ1n) is 8.50. The standard InChI is InChI=1S/C18H25F2N3/c1-11(14-7-8-16(19)17(20)9-14)23-18(21-2)22-10-15(12-3-4-12)13-5-6-13/h7-9,11-13,15H,3-6,10H2,1-2H3,(H2,21,22,23). The van der Waals surface area contributed by atoms with Crippen molar-refractivity contribution in [2.24, 2.45) is 22.7 Å². The minimum atomic E-state index is -0.819. The molecule has 2 N–H and O–H groups in total. The normalized spacial score (nSPS) is 19.8. The van der Waals surface area contributed by atoms with Crippen molar-refractivity contribution in [1.29, 1.82) is 0 Å². The molecule has 126 valence electrons. The van der Waals surface area contributed by atoms with E-state index < -0.39 is 11.6 Å². The average molecular weight is 321 g/mol. The summed E-state index contributed by atoms with van der Waals surface area (Å²) in [7, 11) is 1.73. The molecule has 2 aliphatic rings. The summed E-state index contributed by atoms with van der Waals surface area (Å²) >= 11 is 0. The summed E-state index contributed by atoms with van der Waals surface area (Å²) in [4.78, 5) is 4.25. The molecule has 1 aromatic rings. The molecule has 3 rings (SSSR count). The van der Waals surface area contributed by atoms with Gasteiger partial charge in [-0.1, -0.05) is 6.07 Å². The molecule has 0 heterocycles. The van der Waals surface area contributed by atoms with Gasteiger partial charge in [-0.3, -0.25) is 4.99 Å². The molecule has 2 saturated carbocycles. The van der Waals surface area contributed by atoms with Gasteiger partial charge in [0.05, 0.1) is 6.04 Å². The number of benzene rings is 1. The van der Waals surface area contributed by atoms with Crippen LogP contribution < -0.4 is 10.6 Å². The summed E-state index contributed by atoms with van der Waals surface area (Å²) in [6.45, 7) is 2.86. The predicted octanol–water partition coefficient (Wildman–Crippen LogP) is 3.63. The Balaban J connectivity index is 1.54. The van der Waals surface area contributed by atoms with E-state index in [9.17, 15) is 8.78 Å². The molecule has 1 unspecified atom stereocenters. The van der Waals surface area contributed by atoms with Crippen molar-refractivity contribution >= 4 is 5.96 Å². The number of aliphatic imine (C=N–C) groups is 1. The molecule has 0 aliphatic heterocycles. The molecule has 0 radical (unpaired) electrons. The van der Waals surface area contributed by atoms with Crippen LogP contribution in [0.5, 0.6) is 0 Å². The third-order valence-electron chi connectivity index (χ3n) is 4.98. The number of hydrogen-bond donors (Lipinski definition) is 2. The first kappa shape index (κ1) is 16.2. The molecular weight excluding hydrogens is 296 g/mol. The summed E-state index contributed by atoms with van der Waals surface area (Å²) in [6, 6.07) is 3.85. The van der Waals surface area contributed by atoms with Gasteiger partial charge in [-0.15, -0.1) is 0 Å². The summed E-state index contributed by atoms with van der Waals surface area (Å²) in [5, 5.41) is 6.66. The Hall–Kier alpha value is -1.65. The van der Waals surface area contributed by atoms with Crippen molar-refractivity contribution in [3.8, 4) is 0 Å². The van der Waals surface area contributed by atoms with Crippen LogP contribution in [0.25, 0.3) is 0 Å². The summed E-state index contributed by atoms with van der Waals surface area (Å²) < 4.78 is 26.4. The lowest BCUT2D eigenvalue weighted by molar-refractivity contribution is 0.399. The SMILES string of the molecule is CN=C(NCC(C1CC1)C1CC1)NC(C)c1ccc(F)c(F)c1. The summed E-state index contributed by atoms with van der Waals surface area (Å²) in [5.41, 5.74) is 0.702. The van der Waals surface area contributed by atoms with Gasteiger partial charge in [-0.2, -0.15) is 0 Å². The Morgan fingerprint density at radius 2 is 1.83 bits per heavy atom. The topological polar surface area (TPSA) is 36.4 Å². The van der Waals surface area contributed by atoms with Crippen LogP contribution in [0.3, 0.4) is 0 Å². The molecule has 5 heteroatoms. The molecule has 3 nitrogen and oxygen atoms in total. The number of halogens is 2. The van der Waals surface area contributed by atoms with Crippen molar-refractivity contribution in [2.75, 3.05) is 13.6 Å². The van der Waals surface area contributed by atoms with Crippen LogP contribution in [0, 0.1) is 29.4 Å². The fourth-order valence-corrected chi connectivity index (χ4v) is 3.25. The average Bonchev–Trinajstić information content (AvgIpc) is 3.42. The zero-order valence-electron chi connectivity index (χ0n) is 13.8. The van der Waals surface area contributed by atoms with E-state index in [4.69, 9.17) is 0 Å². The monoisotopic (exact) mass is 321 g/mol. The minimum Gasteiger partial charge on any atom is -0.356 e. The van der Waals surface area contributed by atoms with E-state index in [1.54, 1.807) is 13.1 Å². The van der Waals surface area contributed by atoms with Crippen molar-refractivity contribution in [3.05, 3.63) is 35.4 Å². The zero-order chi connectivity index (χ0) is 16.4. The first-order valence-corrected chi connectivity index (χ1v) is 8.50. The lowest BCUT2D eigenvalue weighted by Gasteiger charge is -2.21. The fourth-order valence-electron chi connectivity index (χ4n) is 3.25. The van der Waals surface area contributed by atoms with Crippen LogP contribution in [0.15, 0.2) is 23.2 Å². The van der Waals surface area contributed by atoms with Crippen molar-refractivity contribution < 1.29 is 8.78 Å². The van der Waals surface area contributed by atoms with Gasteiger partial charge in [0.25, 0.3) is 0 Å². The smallest absolute Gasteiger partial charge is 0.191 e. The first-order chi connectivity index (χ1) is 11.1. The van der Waals surface area contributed by atoms with E-state index in [1.807, 2.05) is 6.92 Å². The van der Waals surface area contributed by atoms with Gasteiger partial charge in [0.1, 0.15) is 0 Å². The Bertz CT molecular complexity index is 568. The minimum absolute atomic E-state index is 0.142. The van der Waals surface area contributed by atoms with Gasteiger partial charge in [0, 0.05) is 13.6 Å². The molecule has 0 amide bonds. The second-order valence-electron chi connectivity index (χ2n) is 6.83. The van der Waals surface area contributed by atoms with E-state index in [1.165, 1.54) is 31.7 Å². The molecule has 23 heavy (non-hydrogen) atoms. The quantitative estimate of drug-likeness (QED) is 0.620. The number of nitrogens with one attached hydrogen (secondary N) is 2. The van der Waals surface area contributed by atoms with E-state index in [0.717, 1.165) is 30.4 Å². The van der Waals surface area contributed by atoms with Crippen LogP contribution in [-0.2, 0) is 0 Å². The molecule has 2 aliphatic carbocycles. The van der Waals surface area contributed by atoms with Crippen molar-refractivity contribution in [1.82, 2.24) is 10.6 Å². The Kier molecular flexibility index (Phi) is 4.83. The highest BCUT2D eigenvalue weighted by molar-refractivity contribution is 5.80. The van der Waals surface area contributed by atoms with Crippen LogP contribution in [-0.4, -0.2) is 19.6 Å². The zero-order valence-corrected chi connectivity index (χ0v) is 13.8. The van der Waals surface area contributed by atoms with Gasteiger partial charge in [-0.05, 0) is 68.1 Å². The van der Waals surface area contributed by atoms with Crippen molar-refractivity contribution in [3.63, 3.8) is 0 Å². The maximum absolute atomic E-state index is 13.4. The summed E-state index contributed by atoms with van der Waals surface area (Å²) in [5.74, 6) is 1.61. The molecule has 2 fully saturated rings. The maximum Gasteiger partial charge on any atom is 0.191 e. The van der Waals surface area contributed by atoms with Crippen molar-refractivity contribution in [2.45, 2.75) is 38.6 Å². The Morgan fingerprint density at radius 1 is 1.17 bits per heavy atom. The predicted molar refractivity (Wildman–Crippen MR) is 88.2 cm³/mol. The molecule has 0 aromatic heterocycles. The highest BCUT2D eigenvalue weighted by Gasteiger charge is 2.41. The number of rotatable bonds is 6. The second kappa shape index (κ2) is 6.85.